The van der Waals surface area contributed by atoms with Crippen molar-refractivity contribution in [1.29, 1.82) is 0 Å². The molecule has 2 unspecified atom stereocenters. The number of carbonyl (C=O) groups is 2. The summed E-state index contributed by atoms with van der Waals surface area (Å²) in [4.78, 5) is 23.5. The molecular weight excluding hydrogens is 394 g/mol. The van der Waals surface area contributed by atoms with Gasteiger partial charge in [-0.25, -0.2) is 4.79 Å². The van der Waals surface area contributed by atoms with Crippen LogP contribution in [0.5, 0.6) is 0 Å². The molecule has 1 heterocycles. The Hall–Kier alpha value is -2.11. The second-order valence-corrected chi connectivity index (χ2v) is 10.2. The maximum Gasteiger partial charge on any atom is 0.333 e. The highest BCUT2D eigenvalue weighted by Crippen LogP contribution is 2.53. The van der Waals surface area contributed by atoms with Crippen molar-refractivity contribution < 1.29 is 24.0 Å². The molecule has 0 saturated heterocycles. The van der Waals surface area contributed by atoms with Gasteiger partial charge in [0, 0.05) is 23.0 Å². The zero-order valence-electron chi connectivity index (χ0n) is 18.9. The molecular formula is C25H35NO5. The van der Waals surface area contributed by atoms with Crippen molar-refractivity contribution in [3.05, 3.63) is 28.7 Å². The lowest BCUT2D eigenvalue weighted by Gasteiger charge is -2.35. The van der Waals surface area contributed by atoms with Crippen molar-refractivity contribution >= 4 is 11.9 Å². The molecule has 0 spiro atoms. The third-order valence-electron chi connectivity index (χ3n) is 7.03. The molecule has 6 heteroatoms. The summed E-state index contributed by atoms with van der Waals surface area (Å²) < 4.78 is 11.0. The summed E-state index contributed by atoms with van der Waals surface area (Å²) in [5, 5.41) is 14.0. The van der Waals surface area contributed by atoms with Crippen LogP contribution in [0.15, 0.2) is 16.2 Å². The molecule has 1 aromatic rings. The largest absolute Gasteiger partial charge is 0.481 e. The van der Waals surface area contributed by atoms with E-state index in [1.165, 1.54) is 12.0 Å². The minimum absolute atomic E-state index is 0.0470. The highest BCUT2D eigenvalue weighted by Gasteiger charge is 2.42. The van der Waals surface area contributed by atoms with Gasteiger partial charge in [-0.3, -0.25) is 4.79 Å². The number of allylic oxidation sites excluding steroid dienone is 1. The van der Waals surface area contributed by atoms with Crippen LogP contribution < -0.4 is 0 Å². The average Bonchev–Trinajstić information content (AvgIpc) is 3.38. The summed E-state index contributed by atoms with van der Waals surface area (Å²) in [6.45, 7) is 6.71. The lowest BCUT2D eigenvalue weighted by molar-refractivity contribution is -0.140. The topological polar surface area (TPSA) is 89.6 Å². The van der Waals surface area contributed by atoms with Crippen LogP contribution in [0, 0.1) is 17.8 Å². The highest BCUT2D eigenvalue weighted by molar-refractivity contribution is 5.90. The van der Waals surface area contributed by atoms with Gasteiger partial charge in [0.1, 0.15) is 5.76 Å². The van der Waals surface area contributed by atoms with E-state index in [1.807, 2.05) is 6.08 Å². The summed E-state index contributed by atoms with van der Waals surface area (Å²) in [5.74, 6) is 2.37. The van der Waals surface area contributed by atoms with Crippen molar-refractivity contribution in [2.24, 2.45) is 17.8 Å². The van der Waals surface area contributed by atoms with Crippen LogP contribution in [0.4, 0.5) is 0 Å². The first-order valence-corrected chi connectivity index (χ1v) is 11.9. The minimum Gasteiger partial charge on any atom is -0.481 e. The molecule has 170 valence electrons. The fourth-order valence-corrected chi connectivity index (χ4v) is 5.43. The van der Waals surface area contributed by atoms with Gasteiger partial charge in [0.25, 0.3) is 0 Å². The van der Waals surface area contributed by atoms with Crippen LogP contribution in [0.2, 0.25) is 0 Å². The Bertz CT molecular complexity index is 844. The molecule has 4 rings (SSSR count). The predicted octanol–water partition coefficient (Wildman–Crippen LogP) is 5.55. The van der Waals surface area contributed by atoms with E-state index in [9.17, 15) is 14.7 Å². The molecule has 2 atom stereocenters. The Labute approximate surface area is 184 Å². The van der Waals surface area contributed by atoms with Crippen LogP contribution in [-0.2, 0) is 14.3 Å². The number of ether oxygens (including phenoxy) is 1. The SMILES string of the molecule is CCOC(=O)C1=CC(CC(CC(=O)O)c2noc(C3CC(CC(C)C)C3)c2C2CC2)C1. The number of carboxylic acid groups (broad SMARTS) is 1. The molecule has 1 N–H and O–H groups in total. The van der Waals surface area contributed by atoms with Gasteiger partial charge in [-0.05, 0) is 75.5 Å². The Kier molecular flexibility index (Phi) is 6.54. The first-order chi connectivity index (χ1) is 14.9. The Morgan fingerprint density at radius 1 is 1.23 bits per heavy atom. The molecule has 0 radical (unpaired) electrons. The zero-order chi connectivity index (χ0) is 22.1. The van der Waals surface area contributed by atoms with E-state index in [0.717, 1.165) is 43.1 Å². The maximum atomic E-state index is 11.9. The normalized spacial score (nSPS) is 26.1. The van der Waals surface area contributed by atoms with Crippen molar-refractivity contribution in [2.45, 2.75) is 89.9 Å². The summed E-state index contributed by atoms with van der Waals surface area (Å²) in [6, 6.07) is 0. The highest BCUT2D eigenvalue weighted by atomic mass is 16.5. The first kappa shape index (κ1) is 22.1. The number of esters is 1. The third-order valence-corrected chi connectivity index (χ3v) is 7.03. The van der Waals surface area contributed by atoms with E-state index in [2.05, 4.69) is 19.0 Å². The number of carboxylic acids is 1. The second-order valence-electron chi connectivity index (χ2n) is 10.2. The molecule has 31 heavy (non-hydrogen) atoms. The Morgan fingerprint density at radius 2 is 1.94 bits per heavy atom. The van der Waals surface area contributed by atoms with E-state index in [-0.39, 0.29) is 24.2 Å². The minimum atomic E-state index is -0.814. The molecule has 0 aliphatic heterocycles. The molecule has 1 aromatic heterocycles. The van der Waals surface area contributed by atoms with Crippen molar-refractivity contribution in [1.82, 2.24) is 5.16 Å². The fraction of sp³-hybridized carbons (Fsp3) is 0.720. The number of hydrogen-bond donors (Lipinski definition) is 1. The quantitative estimate of drug-likeness (QED) is 0.464. The third kappa shape index (κ3) is 5.04. The number of hydrogen-bond acceptors (Lipinski definition) is 5. The lowest BCUT2D eigenvalue weighted by Crippen LogP contribution is -2.24. The van der Waals surface area contributed by atoms with Crippen LogP contribution in [0.25, 0.3) is 0 Å². The lowest BCUT2D eigenvalue weighted by atomic mass is 9.69. The maximum absolute atomic E-state index is 11.9. The van der Waals surface area contributed by atoms with Gasteiger partial charge < -0.3 is 14.4 Å². The number of nitrogens with zero attached hydrogens (tertiary/aromatic N) is 1. The van der Waals surface area contributed by atoms with Gasteiger partial charge in [0.05, 0.1) is 18.7 Å². The number of rotatable bonds is 11. The smallest absolute Gasteiger partial charge is 0.333 e. The van der Waals surface area contributed by atoms with Crippen LogP contribution in [-0.4, -0.2) is 28.8 Å². The van der Waals surface area contributed by atoms with Gasteiger partial charge in [-0.1, -0.05) is 25.1 Å². The summed E-state index contributed by atoms with van der Waals surface area (Å²) >= 11 is 0. The summed E-state index contributed by atoms with van der Waals surface area (Å²) in [5.41, 5.74) is 2.79. The van der Waals surface area contributed by atoms with Crippen LogP contribution >= 0.6 is 0 Å². The van der Waals surface area contributed by atoms with Gasteiger partial charge in [0.15, 0.2) is 0 Å². The molecule has 0 bridgehead atoms. The molecule has 2 fully saturated rings. The second kappa shape index (κ2) is 9.17. The molecule has 6 nitrogen and oxygen atoms in total. The molecule has 0 amide bonds. The van der Waals surface area contributed by atoms with Crippen molar-refractivity contribution in [3.8, 4) is 0 Å². The molecule has 3 aliphatic rings. The summed E-state index contributed by atoms with van der Waals surface area (Å²) in [6.07, 6.45) is 9.17. The standard InChI is InChI=1S/C25H35NO5/c1-4-30-25(29)20-11-16(12-20)8-18(13-21(27)28)23-22(17-5-6-17)24(31-26-23)19-9-15(10-19)7-14(2)3/h11,14-19H,4-10,12-13H2,1-3H3,(H,27,28). The van der Waals surface area contributed by atoms with Crippen LogP contribution in [0.1, 0.15) is 107 Å². The number of aromatic nitrogens is 1. The average molecular weight is 430 g/mol. The number of carbonyl (C=O) groups excluding carboxylic acids is 1. The zero-order valence-corrected chi connectivity index (χ0v) is 18.9. The summed E-state index contributed by atoms with van der Waals surface area (Å²) in [7, 11) is 0. The predicted molar refractivity (Wildman–Crippen MR) is 116 cm³/mol. The first-order valence-electron chi connectivity index (χ1n) is 11.9. The Morgan fingerprint density at radius 3 is 2.52 bits per heavy atom. The fourth-order valence-electron chi connectivity index (χ4n) is 5.43. The van der Waals surface area contributed by atoms with E-state index >= 15 is 0 Å². The van der Waals surface area contributed by atoms with Gasteiger partial charge in [-0.2, -0.15) is 0 Å². The van der Waals surface area contributed by atoms with Gasteiger partial charge in [-0.15, -0.1) is 0 Å². The van der Waals surface area contributed by atoms with Crippen molar-refractivity contribution in [2.75, 3.05) is 6.61 Å². The number of aliphatic carboxylic acids is 1. The van der Waals surface area contributed by atoms with Crippen LogP contribution in [0.3, 0.4) is 0 Å². The van der Waals surface area contributed by atoms with Crippen molar-refractivity contribution in [3.63, 3.8) is 0 Å². The molecule has 0 aromatic carbocycles. The monoisotopic (exact) mass is 429 g/mol. The van der Waals surface area contributed by atoms with E-state index in [0.29, 0.717) is 42.8 Å². The van der Waals surface area contributed by atoms with Gasteiger partial charge in [0.2, 0.25) is 0 Å². The molecule has 2 saturated carbocycles. The van der Waals surface area contributed by atoms with E-state index in [4.69, 9.17) is 9.26 Å². The Balaban J connectivity index is 1.48. The van der Waals surface area contributed by atoms with E-state index < -0.39 is 5.97 Å². The van der Waals surface area contributed by atoms with E-state index in [1.54, 1.807) is 6.92 Å². The molecule has 3 aliphatic carbocycles. The van der Waals surface area contributed by atoms with Gasteiger partial charge >= 0.3 is 11.9 Å².